The third-order valence-electron chi connectivity index (χ3n) is 2.89. The maximum Gasteiger partial charge on any atom is -0.0149 e. The lowest BCUT2D eigenvalue weighted by Gasteiger charge is -2.27. The van der Waals surface area contributed by atoms with E-state index in [-0.39, 0.29) is 0 Å². The van der Waals surface area contributed by atoms with Gasteiger partial charge in [-0.2, -0.15) is 0 Å². The fourth-order valence-electron chi connectivity index (χ4n) is 1.24. The van der Waals surface area contributed by atoms with E-state index in [2.05, 4.69) is 46.8 Å². The molecule has 0 N–H and O–H groups in total. The molecule has 0 fully saturated rings. The second-order valence-electron chi connectivity index (χ2n) is 4.32. The molecule has 0 aromatic heterocycles. The first-order valence-corrected chi connectivity index (χ1v) is 5.22. The van der Waals surface area contributed by atoms with Crippen molar-refractivity contribution >= 4 is 0 Å². The van der Waals surface area contributed by atoms with Gasteiger partial charge in [0.25, 0.3) is 0 Å². The van der Waals surface area contributed by atoms with Crippen LogP contribution in [-0.4, -0.2) is 0 Å². The van der Waals surface area contributed by atoms with E-state index in [1.165, 1.54) is 19.3 Å². The summed E-state index contributed by atoms with van der Waals surface area (Å²) in [6, 6.07) is 0. The minimum atomic E-state index is 0.379. The highest BCUT2D eigenvalue weighted by atomic mass is 14.2. The Morgan fingerprint density at radius 3 is 2.25 bits per heavy atom. The molecule has 0 amide bonds. The second-order valence-corrected chi connectivity index (χ2v) is 4.32. The van der Waals surface area contributed by atoms with Gasteiger partial charge in [0.2, 0.25) is 0 Å². The highest BCUT2D eigenvalue weighted by Gasteiger charge is 2.20. The SMILES string of the molecule is CCCC=CC(C)(C)C(C)CC. The van der Waals surface area contributed by atoms with E-state index < -0.39 is 0 Å². The Kier molecular flexibility index (Phi) is 5.28. The van der Waals surface area contributed by atoms with Gasteiger partial charge >= 0.3 is 0 Å². The van der Waals surface area contributed by atoms with Crippen molar-refractivity contribution in [3.8, 4) is 0 Å². The van der Waals surface area contributed by atoms with E-state index in [4.69, 9.17) is 0 Å². The molecule has 12 heavy (non-hydrogen) atoms. The van der Waals surface area contributed by atoms with Crippen molar-refractivity contribution in [2.75, 3.05) is 0 Å². The van der Waals surface area contributed by atoms with Gasteiger partial charge in [0.1, 0.15) is 0 Å². The predicted molar refractivity (Wildman–Crippen MR) is 57.3 cm³/mol. The molecular formula is C12H24. The Bertz CT molecular complexity index is 131. The number of rotatable bonds is 5. The number of hydrogen-bond donors (Lipinski definition) is 0. The molecule has 1 unspecified atom stereocenters. The van der Waals surface area contributed by atoms with Crippen LogP contribution in [0.25, 0.3) is 0 Å². The summed E-state index contributed by atoms with van der Waals surface area (Å²) in [5.41, 5.74) is 0.379. The predicted octanol–water partition coefficient (Wildman–Crippen LogP) is 4.42. The summed E-state index contributed by atoms with van der Waals surface area (Å²) in [7, 11) is 0. The summed E-state index contributed by atoms with van der Waals surface area (Å²) in [5.74, 6) is 0.783. The topological polar surface area (TPSA) is 0 Å². The van der Waals surface area contributed by atoms with Crippen LogP contribution < -0.4 is 0 Å². The molecule has 0 saturated heterocycles. The Morgan fingerprint density at radius 1 is 1.25 bits per heavy atom. The molecule has 1 atom stereocenters. The van der Waals surface area contributed by atoms with Crippen LogP contribution in [0.4, 0.5) is 0 Å². The van der Waals surface area contributed by atoms with Gasteiger partial charge in [-0.15, -0.1) is 0 Å². The van der Waals surface area contributed by atoms with E-state index in [1.54, 1.807) is 0 Å². The summed E-state index contributed by atoms with van der Waals surface area (Å²) in [4.78, 5) is 0. The molecule has 0 aliphatic carbocycles. The van der Waals surface area contributed by atoms with Gasteiger partial charge in [0, 0.05) is 0 Å². The first-order chi connectivity index (χ1) is 5.54. The van der Waals surface area contributed by atoms with Crippen molar-refractivity contribution in [1.29, 1.82) is 0 Å². The largest absolute Gasteiger partial charge is 0.0880 e. The molecular weight excluding hydrogens is 144 g/mol. The average molecular weight is 168 g/mol. The smallest absolute Gasteiger partial charge is 0.0149 e. The molecule has 0 aliphatic rings. The lowest BCUT2D eigenvalue weighted by molar-refractivity contribution is 0.298. The van der Waals surface area contributed by atoms with Crippen molar-refractivity contribution in [3.63, 3.8) is 0 Å². The van der Waals surface area contributed by atoms with Crippen LogP contribution in [0.15, 0.2) is 12.2 Å². The van der Waals surface area contributed by atoms with Crippen molar-refractivity contribution in [1.82, 2.24) is 0 Å². The van der Waals surface area contributed by atoms with E-state index in [9.17, 15) is 0 Å². The number of unbranched alkanes of at least 4 members (excludes halogenated alkanes) is 1. The lowest BCUT2D eigenvalue weighted by Crippen LogP contribution is -2.17. The molecule has 0 bridgehead atoms. The van der Waals surface area contributed by atoms with E-state index in [0.717, 1.165) is 5.92 Å². The van der Waals surface area contributed by atoms with Crippen LogP contribution in [0.2, 0.25) is 0 Å². The highest BCUT2D eigenvalue weighted by molar-refractivity contribution is 4.96. The monoisotopic (exact) mass is 168 g/mol. The van der Waals surface area contributed by atoms with Crippen LogP contribution in [0.1, 0.15) is 53.9 Å². The molecule has 0 heterocycles. The molecule has 0 rings (SSSR count). The zero-order valence-electron chi connectivity index (χ0n) is 9.35. The van der Waals surface area contributed by atoms with Gasteiger partial charge < -0.3 is 0 Å². The molecule has 0 spiro atoms. The molecule has 0 nitrogen and oxygen atoms in total. The Labute approximate surface area is 78.1 Å². The fraction of sp³-hybridized carbons (Fsp3) is 0.833. The fourth-order valence-corrected chi connectivity index (χ4v) is 1.24. The van der Waals surface area contributed by atoms with E-state index >= 15 is 0 Å². The summed E-state index contributed by atoms with van der Waals surface area (Å²) in [6.45, 7) is 11.5. The van der Waals surface area contributed by atoms with Crippen molar-refractivity contribution < 1.29 is 0 Å². The van der Waals surface area contributed by atoms with Crippen molar-refractivity contribution in [2.24, 2.45) is 11.3 Å². The lowest BCUT2D eigenvalue weighted by atomic mass is 9.78. The molecule has 0 saturated carbocycles. The van der Waals surface area contributed by atoms with Crippen LogP contribution in [-0.2, 0) is 0 Å². The normalized spacial score (nSPS) is 15.4. The maximum atomic E-state index is 2.38. The molecule has 0 aromatic carbocycles. The van der Waals surface area contributed by atoms with E-state index in [0.29, 0.717) is 5.41 Å². The molecule has 0 aliphatic heterocycles. The molecule has 72 valence electrons. The van der Waals surface area contributed by atoms with Gasteiger partial charge in [0.15, 0.2) is 0 Å². The van der Waals surface area contributed by atoms with Gasteiger partial charge in [-0.3, -0.25) is 0 Å². The van der Waals surface area contributed by atoms with Crippen LogP contribution in [0.3, 0.4) is 0 Å². The number of allylic oxidation sites excluding steroid dienone is 2. The zero-order chi connectivity index (χ0) is 9.61. The first kappa shape index (κ1) is 11.7. The summed E-state index contributed by atoms with van der Waals surface area (Å²) >= 11 is 0. The second kappa shape index (κ2) is 5.40. The first-order valence-electron chi connectivity index (χ1n) is 5.22. The number of hydrogen-bond acceptors (Lipinski definition) is 0. The standard InChI is InChI=1S/C12H24/c1-6-8-9-10-12(4,5)11(3)7-2/h9-11H,6-8H2,1-5H3. The molecule has 0 radical (unpaired) electrons. The minimum absolute atomic E-state index is 0.379. The summed E-state index contributed by atoms with van der Waals surface area (Å²) in [5, 5.41) is 0. The average Bonchev–Trinajstić information content (AvgIpc) is 2.03. The van der Waals surface area contributed by atoms with Crippen molar-refractivity contribution in [3.05, 3.63) is 12.2 Å². The van der Waals surface area contributed by atoms with Crippen molar-refractivity contribution in [2.45, 2.75) is 53.9 Å². The summed E-state index contributed by atoms with van der Waals surface area (Å²) < 4.78 is 0. The minimum Gasteiger partial charge on any atom is -0.0880 e. The maximum absolute atomic E-state index is 2.38. The van der Waals surface area contributed by atoms with E-state index in [1.807, 2.05) is 0 Å². The van der Waals surface area contributed by atoms with Gasteiger partial charge in [-0.25, -0.2) is 0 Å². The molecule has 0 aromatic rings. The van der Waals surface area contributed by atoms with Gasteiger partial charge in [-0.1, -0.05) is 59.6 Å². The van der Waals surface area contributed by atoms with Gasteiger partial charge in [0.05, 0.1) is 0 Å². The van der Waals surface area contributed by atoms with Gasteiger partial charge in [-0.05, 0) is 17.8 Å². The Morgan fingerprint density at radius 2 is 1.83 bits per heavy atom. The third-order valence-corrected chi connectivity index (χ3v) is 2.89. The van der Waals surface area contributed by atoms with Crippen LogP contribution in [0.5, 0.6) is 0 Å². The van der Waals surface area contributed by atoms with Crippen LogP contribution in [0, 0.1) is 11.3 Å². The third kappa shape index (κ3) is 3.94. The quantitative estimate of drug-likeness (QED) is 0.533. The zero-order valence-corrected chi connectivity index (χ0v) is 9.35. The highest BCUT2D eigenvalue weighted by Crippen LogP contribution is 2.30. The Hall–Kier alpha value is -0.260. The Balaban J connectivity index is 4.01. The summed E-state index contributed by atoms with van der Waals surface area (Å²) in [6.07, 6.45) is 8.45. The molecule has 0 heteroatoms. The van der Waals surface area contributed by atoms with Crippen LogP contribution >= 0.6 is 0 Å².